The fourth-order valence-corrected chi connectivity index (χ4v) is 3.15. The number of aromatic nitrogens is 1. The zero-order valence-electron chi connectivity index (χ0n) is 12.1. The van der Waals surface area contributed by atoms with E-state index in [0.717, 1.165) is 34.6 Å². The van der Waals surface area contributed by atoms with Gasteiger partial charge in [-0.3, -0.25) is 0 Å². The maximum absolute atomic E-state index is 5.48. The number of piperidine rings is 1. The number of rotatable bonds is 2. The van der Waals surface area contributed by atoms with E-state index >= 15 is 0 Å². The van der Waals surface area contributed by atoms with Crippen LogP contribution in [0.2, 0.25) is 0 Å². The van der Waals surface area contributed by atoms with E-state index in [1.165, 1.54) is 19.4 Å². The van der Waals surface area contributed by atoms with Crippen molar-refractivity contribution in [3.05, 3.63) is 24.4 Å². The molecule has 4 rings (SSSR count). The second-order valence-electron chi connectivity index (χ2n) is 5.83. The van der Waals surface area contributed by atoms with E-state index in [4.69, 9.17) is 9.47 Å². The van der Waals surface area contributed by atoms with Gasteiger partial charge in [0.15, 0.2) is 11.5 Å². The number of likely N-dealkylation sites (tertiary alicyclic amines) is 1. The standard InChI is InChI=1S/C16H19N3O2/c1-19-6-2-3-12(9-19)18-16-13-8-15-14(20-10-21-15)7-11(13)4-5-17-16/h4-5,7-8,12H,2-3,6,9-10H2,1H3,(H,17,18). The molecule has 0 bridgehead atoms. The molecule has 1 fully saturated rings. The Morgan fingerprint density at radius 3 is 3.00 bits per heavy atom. The van der Waals surface area contributed by atoms with E-state index in [-0.39, 0.29) is 0 Å². The number of likely N-dealkylation sites (N-methyl/N-ethyl adjacent to an activating group) is 1. The van der Waals surface area contributed by atoms with Gasteiger partial charge in [-0.15, -0.1) is 0 Å². The molecule has 0 spiro atoms. The van der Waals surface area contributed by atoms with E-state index in [1.807, 2.05) is 24.4 Å². The number of pyridine rings is 1. The molecule has 1 aromatic carbocycles. The minimum atomic E-state index is 0.301. The van der Waals surface area contributed by atoms with Crippen LogP contribution in [-0.4, -0.2) is 42.9 Å². The van der Waals surface area contributed by atoms with Crippen LogP contribution in [0.5, 0.6) is 11.5 Å². The predicted octanol–water partition coefficient (Wildman–Crippen LogP) is 2.47. The highest BCUT2D eigenvalue weighted by Gasteiger charge is 2.20. The van der Waals surface area contributed by atoms with Crippen molar-refractivity contribution in [1.82, 2.24) is 9.88 Å². The Morgan fingerprint density at radius 1 is 1.29 bits per heavy atom. The quantitative estimate of drug-likeness (QED) is 0.918. The maximum atomic E-state index is 5.48. The fourth-order valence-electron chi connectivity index (χ4n) is 3.15. The summed E-state index contributed by atoms with van der Waals surface area (Å²) in [6.45, 7) is 2.54. The second kappa shape index (κ2) is 5.07. The lowest BCUT2D eigenvalue weighted by atomic mass is 10.1. The van der Waals surface area contributed by atoms with Crippen LogP contribution in [0.15, 0.2) is 24.4 Å². The van der Waals surface area contributed by atoms with Crippen LogP contribution in [-0.2, 0) is 0 Å². The van der Waals surface area contributed by atoms with Crippen molar-refractivity contribution in [3.8, 4) is 11.5 Å². The molecule has 110 valence electrons. The molecule has 2 aliphatic heterocycles. The van der Waals surface area contributed by atoms with Crippen LogP contribution in [0.4, 0.5) is 5.82 Å². The molecule has 0 radical (unpaired) electrons. The number of hydrogen-bond donors (Lipinski definition) is 1. The number of hydrogen-bond acceptors (Lipinski definition) is 5. The molecule has 1 N–H and O–H groups in total. The first kappa shape index (κ1) is 12.7. The Balaban J connectivity index is 1.68. The molecule has 2 aromatic rings. The van der Waals surface area contributed by atoms with E-state index in [1.54, 1.807) is 0 Å². The first-order chi connectivity index (χ1) is 10.3. The minimum Gasteiger partial charge on any atom is -0.454 e. The van der Waals surface area contributed by atoms with Crippen LogP contribution in [0.3, 0.4) is 0 Å². The van der Waals surface area contributed by atoms with Crippen molar-refractivity contribution in [3.63, 3.8) is 0 Å². The highest BCUT2D eigenvalue weighted by atomic mass is 16.7. The number of nitrogens with one attached hydrogen (secondary N) is 1. The Morgan fingerprint density at radius 2 is 2.14 bits per heavy atom. The minimum absolute atomic E-state index is 0.301. The van der Waals surface area contributed by atoms with Gasteiger partial charge in [0, 0.05) is 24.2 Å². The highest BCUT2D eigenvalue weighted by Crippen LogP contribution is 2.38. The van der Waals surface area contributed by atoms with Gasteiger partial charge in [0.05, 0.1) is 0 Å². The maximum Gasteiger partial charge on any atom is 0.231 e. The van der Waals surface area contributed by atoms with Gasteiger partial charge in [0.25, 0.3) is 0 Å². The van der Waals surface area contributed by atoms with Gasteiger partial charge in [-0.2, -0.15) is 0 Å². The third-order valence-electron chi connectivity index (χ3n) is 4.22. The molecular formula is C16H19N3O2. The second-order valence-corrected chi connectivity index (χ2v) is 5.83. The lowest BCUT2D eigenvalue weighted by Crippen LogP contribution is -2.39. The molecular weight excluding hydrogens is 266 g/mol. The Kier molecular flexibility index (Phi) is 3.07. The van der Waals surface area contributed by atoms with Crippen LogP contribution >= 0.6 is 0 Å². The van der Waals surface area contributed by atoms with E-state index in [2.05, 4.69) is 22.2 Å². The largest absolute Gasteiger partial charge is 0.454 e. The van der Waals surface area contributed by atoms with Gasteiger partial charge >= 0.3 is 0 Å². The Hall–Kier alpha value is -2.01. The topological polar surface area (TPSA) is 46.6 Å². The summed E-state index contributed by atoms with van der Waals surface area (Å²) in [5.74, 6) is 2.56. The summed E-state index contributed by atoms with van der Waals surface area (Å²) in [7, 11) is 2.17. The van der Waals surface area contributed by atoms with Crippen LogP contribution in [0, 0.1) is 0 Å². The van der Waals surface area contributed by atoms with Gasteiger partial charge in [-0.25, -0.2) is 4.98 Å². The number of benzene rings is 1. The van der Waals surface area contributed by atoms with Crippen molar-refractivity contribution in [2.75, 3.05) is 32.2 Å². The molecule has 2 aliphatic rings. The molecule has 0 amide bonds. The number of anilines is 1. The van der Waals surface area contributed by atoms with Gasteiger partial charge < -0.3 is 19.7 Å². The molecule has 1 atom stereocenters. The number of nitrogens with zero attached hydrogens (tertiary/aromatic N) is 2. The summed E-state index contributed by atoms with van der Waals surface area (Å²) in [6, 6.07) is 6.51. The van der Waals surface area contributed by atoms with Crippen molar-refractivity contribution in [2.24, 2.45) is 0 Å². The van der Waals surface area contributed by atoms with Crippen LogP contribution in [0.1, 0.15) is 12.8 Å². The summed E-state index contributed by atoms with van der Waals surface area (Å²) in [4.78, 5) is 6.89. The fraction of sp³-hybridized carbons (Fsp3) is 0.438. The first-order valence-electron chi connectivity index (χ1n) is 7.43. The first-order valence-corrected chi connectivity index (χ1v) is 7.43. The summed E-state index contributed by atoms with van der Waals surface area (Å²) in [5, 5.41) is 5.81. The monoisotopic (exact) mass is 285 g/mol. The van der Waals surface area contributed by atoms with E-state index in [0.29, 0.717) is 12.8 Å². The molecule has 1 aromatic heterocycles. The molecule has 1 unspecified atom stereocenters. The average Bonchev–Trinajstić information content (AvgIpc) is 2.93. The molecule has 3 heterocycles. The third-order valence-corrected chi connectivity index (χ3v) is 4.22. The lowest BCUT2D eigenvalue weighted by molar-refractivity contribution is 0.174. The van der Waals surface area contributed by atoms with Gasteiger partial charge in [-0.1, -0.05) is 0 Å². The van der Waals surface area contributed by atoms with Gasteiger partial charge in [0.2, 0.25) is 6.79 Å². The molecule has 0 saturated carbocycles. The number of ether oxygens (including phenoxy) is 2. The highest BCUT2D eigenvalue weighted by molar-refractivity contribution is 5.94. The normalized spacial score (nSPS) is 21.7. The Bertz CT molecular complexity index is 674. The van der Waals surface area contributed by atoms with Crippen molar-refractivity contribution in [2.45, 2.75) is 18.9 Å². The van der Waals surface area contributed by atoms with Crippen LogP contribution < -0.4 is 14.8 Å². The van der Waals surface area contributed by atoms with Gasteiger partial charge in [0.1, 0.15) is 5.82 Å². The zero-order chi connectivity index (χ0) is 14.2. The predicted molar refractivity (Wildman–Crippen MR) is 82.0 cm³/mol. The van der Waals surface area contributed by atoms with E-state index < -0.39 is 0 Å². The Labute approximate surface area is 123 Å². The molecule has 1 saturated heterocycles. The molecule has 5 nitrogen and oxygen atoms in total. The smallest absolute Gasteiger partial charge is 0.231 e. The lowest BCUT2D eigenvalue weighted by Gasteiger charge is -2.30. The summed E-state index contributed by atoms with van der Waals surface area (Å²) in [6.07, 6.45) is 4.26. The molecule has 21 heavy (non-hydrogen) atoms. The van der Waals surface area contributed by atoms with Gasteiger partial charge in [-0.05, 0) is 50.0 Å². The summed E-state index contributed by atoms with van der Waals surface area (Å²) < 4.78 is 10.9. The van der Waals surface area contributed by atoms with Crippen molar-refractivity contribution < 1.29 is 9.47 Å². The van der Waals surface area contributed by atoms with Crippen molar-refractivity contribution >= 4 is 16.6 Å². The third kappa shape index (κ3) is 2.38. The van der Waals surface area contributed by atoms with Crippen LogP contribution in [0.25, 0.3) is 10.8 Å². The molecule has 5 heteroatoms. The van der Waals surface area contributed by atoms with E-state index in [9.17, 15) is 0 Å². The summed E-state index contributed by atoms with van der Waals surface area (Å²) >= 11 is 0. The SMILES string of the molecule is CN1CCCC(Nc2nccc3cc4c(cc23)OCO4)C1. The summed E-state index contributed by atoms with van der Waals surface area (Å²) in [5.41, 5.74) is 0. The zero-order valence-corrected chi connectivity index (χ0v) is 12.1. The number of fused-ring (bicyclic) bond motifs is 2. The molecule has 0 aliphatic carbocycles. The average molecular weight is 285 g/mol. The van der Waals surface area contributed by atoms with Crippen molar-refractivity contribution in [1.29, 1.82) is 0 Å².